The number of ether oxygens (including phenoxy) is 1. The number of carbonyl (C=O) groups is 1. The van der Waals surface area contributed by atoms with Gasteiger partial charge in [-0.2, -0.15) is 0 Å². The topological polar surface area (TPSA) is 64.4 Å². The minimum absolute atomic E-state index is 0.436. The average molecular weight is 262 g/mol. The van der Waals surface area contributed by atoms with Crippen LogP contribution in [-0.2, 0) is 0 Å². The van der Waals surface area contributed by atoms with Gasteiger partial charge >= 0.3 is 0 Å². The molecular formula is C15H22N2O2. The van der Waals surface area contributed by atoms with Gasteiger partial charge in [0.2, 0.25) is 0 Å². The van der Waals surface area contributed by atoms with Crippen molar-refractivity contribution in [3.63, 3.8) is 0 Å². The van der Waals surface area contributed by atoms with Crippen LogP contribution < -0.4 is 15.8 Å². The molecule has 1 heterocycles. The van der Waals surface area contributed by atoms with Crippen LogP contribution in [0.15, 0.2) is 24.3 Å². The number of nitrogens with one attached hydrogen (secondary N) is 1. The number of hydrogen-bond acceptors (Lipinski definition) is 3. The zero-order valence-electron chi connectivity index (χ0n) is 11.2. The highest BCUT2D eigenvalue weighted by atomic mass is 16.5. The second kappa shape index (κ2) is 7.14. The molecule has 104 valence electrons. The normalized spacial score (nSPS) is 16.2. The monoisotopic (exact) mass is 262 g/mol. The molecule has 0 unspecified atom stereocenters. The summed E-state index contributed by atoms with van der Waals surface area (Å²) >= 11 is 0. The molecule has 3 N–H and O–H groups in total. The molecule has 1 aromatic rings. The summed E-state index contributed by atoms with van der Waals surface area (Å²) in [5.41, 5.74) is 5.77. The second-order valence-corrected chi connectivity index (χ2v) is 5.04. The van der Waals surface area contributed by atoms with Crippen LogP contribution in [-0.4, -0.2) is 25.6 Å². The second-order valence-electron chi connectivity index (χ2n) is 5.04. The van der Waals surface area contributed by atoms with Gasteiger partial charge in [0.25, 0.3) is 5.91 Å². The predicted molar refractivity (Wildman–Crippen MR) is 75.3 cm³/mol. The van der Waals surface area contributed by atoms with Crippen LogP contribution in [0.1, 0.15) is 36.0 Å². The van der Waals surface area contributed by atoms with Gasteiger partial charge in [-0.1, -0.05) is 12.1 Å². The largest absolute Gasteiger partial charge is 0.493 e. The summed E-state index contributed by atoms with van der Waals surface area (Å²) in [5, 5.41) is 3.37. The molecule has 1 aliphatic rings. The summed E-state index contributed by atoms with van der Waals surface area (Å²) in [5.74, 6) is 0.977. The first kappa shape index (κ1) is 13.9. The number of rotatable bonds is 6. The Morgan fingerprint density at radius 3 is 2.79 bits per heavy atom. The fourth-order valence-corrected chi connectivity index (χ4v) is 2.52. The summed E-state index contributed by atoms with van der Waals surface area (Å²) in [6.07, 6.45) is 4.74. The lowest BCUT2D eigenvalue weighted by molar-refractivity contribution is 0.0996. The molecule has 0 bridgehead atoms. The number of para-hydroxylation sites is 1. The highest BCUT2D eigenvalue weighted by molar-refractivity contribution is 5.95. The Morgan fingerprint density at radius 1 is 1.32 bits per heavy atom. The molecule has 0 aliphatic carbocycles. The van der Waals surface area contributed by atoms with Crippen molar-refractivity contribution in [2.45, 2.75) is 25.7 Å². The first-order valence-electron chi connectivity index (χ1n) is 6.99. The van der Waals surface area contributed by atoms with E-state index < -0.39 is 5.91 Å². The standard InChI is InChI=1S/C15H22N2O2/c16-15(18)13-5-1-2-6-14(13)19-11-3-4-12-7-9-17-10-8-12/h1-2,5-6,12,17H,3-4,7-11H2,(H2,16,18). The van der Waals surface area contributed by atoms with E-state index in [9.17, 15) is 4.79 Å². The summed E-state index contributed by atoms with van der Waals surface area (Å²) in [4.78, 5) is 11.2. The number of piperidine rings is 1. The summed E-state index contributed by atoms with van der Waals surface area (Å²) in [6, 6.07) is 7.14. The zero-order chi connectivity index (χ0) is 13.5. The molecule has 19 heavy (non-hydrogen) atoms. The van der Waals surface area contributed by atoms with E-state index in [-0.39, 0.29) is 0 Å². The Hall–Kier alpha value is -1.55. The fourth-order valence-electron chi connectivity index (χ4n) is 2.52. The van der Waals surface area contributed by atoms with Gasteiger partial charge in [-0.3, -0.25) is 4.79 Å². The Labute approximate surface area is 114 Å². The lowest BCUT2D eigenvalue weighted by Crippen LogP contribution is -2.27. The number of carbonyl (C=O) groups excluding carboxylic acids is 1. The van der Waals surface area contributed by atoms with Crippen LogP contribution in [0.25, 0.3) is 0 Å². The van der Waals surface area contributed by atoms with Gasteiger partial charge in [-0.25, -0.2) is 0 Å². The van der Waals surface area contributed by atoms with Gasteiger partial charge in [0.05, 0.1) is 12.2 Å². The lowest BCUT2D eigenvalue weighted by atomic mass is 9.93. The molecule has 0 radical (unpaired) electrons. The Morgan fingerprint density at radius 2 is 2.05 bits per heavy atom. The van der Waals surface area contributed by atoms with E-state index in [1.807, 2.05) is 6.07 Å². The predicted octanol–water partition coefficient (Wildman–Crippen LogP) is 1.94. The quantitative estimate of drug-likeness (QED) is 0.770. The molecule has 1 amide bonds. The van der Waals surface area contributed by atoms with Gasteiger partial charge in [0.15, 0.2) is 0 Å². The minimum atomic E-state index is -0.436. The van der Waals surface area contributed by atoms with Crippen LogP contribution in [0.3, 0.4) is 0 Å². The Kier molecular flexibility index (Phi) is 5.21. The number of hydrogen-bond donors (Lipinski definition) is 2. The molecule has 1 fully saturated rings. The maximum Gasteiger partial charge on any atom is 0.252 e. The van der Waals surface area contributed by atoms with Gasteiger partial charge in [-0.05, 0) is 56.8 Å². The van der Waals surface area contributed by atoms with E-state index in [2.05, 4.69) is 5.32 Å². The smallest absolute Gasteiger partial charge is 0.252 e. The summed E-state index contributed by atoms with van der Waals surface area (Å²) < 4.78 is 5.67. The molecule has 1 aliphatic heterocycles. The molecule has 1 saturated heterocycles. The van der Waals surface area contributed by atoms with E-state index in [4.69, 9.17) is 10.5 Å². The zero-order valence-corrected chi connectivity index (χ0v) is 11.2. The Balaban J connectivity index is 1.74. The average Bonchev–Trinajstić information content (AvgIpc) is 2.45. The number of amides is 1. The van der Waals surface area contributed by atoms with E-state index in [1.54, 1.807) is 18.2 Å². The van der Waals surface area contributed by atoms with Crippen molar-refractivity contribution in [1.82, 2.24) is 5.32 Å². The van der Waals surface area contributed by atoms with Crippen molar-refractivity contribution < 1.29 is 9.53 Å². The molecule has 1 aromatic carbocycles. The van der Waals surface area contributed by atoms with E-state index >= 15 is 0 Å². The first-order valence-corrected chi connectivity index (χ1v) is 6.99. The van der Waals surface area contributed by atoms with E-state index in [1.165, 1.54) is 19.3 Å². The fraction of sp³-hybridized carbons (Fsp3) is 0.533. The van der Waals surface area contributed by atoms with Crippen molar-refractivity contribution in [1.29, 1.82) is 0 Å². The number of nitrogens with two attached hydrogens (primary N) is 1. The summed E-state index contributed by atoms with van der Waals surface area (Å²) in [6.45, 7) is 2.92. The molecule has 4 nitrogen and oxygen atoms in total. The van der Waals surface area contributed by atoms with Crippen molar-refractivity contribution in [2.75, 3.05) is 19.7 Å². The third kappa shape index (κ3) is 4.24. The maximum atomic E-state index is 11.2. The van der Waals surface area contributed by atoms with Crippen LogP contribution in [0.5, 0.6) is 5.75 Å². The van der Waals surface area contributed by atoms with E-state index in [0.717, 1.165) is 25.4 Å². The molecule has 2 rings (SSSR count). The molecule has 0 spiro atoms. The van der Waals surface area contributed by atoms with Crippen LogP contribution in [0.4, 0.5) is 0 Å². The van der Waals surface area contributed by atoms with Gasteiger partial charge in [-0.15, -0.1) is 0 Å². The number of primary amides is 1. The SMILES string of the molecule is NC(=O)c1ccccc1OCCCC1CCNCC1. The highest BCUT2D eigenvalue weighted by Gasteiger charge is 2.13. The third-order valence-corrected chi connectivity index (χ3v) is 3.63. The molecule has 4 heteroatoms. The van der Waals surface area contributed by atoms with Crippen molar-refractivity contribution in [3.05, 3.63) is 29.8 Å². The number of benzene rings is 1. The summed E-state index contributed by atoms with van der Waals surface area (Å²) in [7, 11) is 0. The lowest BCUT2D eigenvalue weighted by Gasteiger charge is -2.22. The molecule has 0 aromatic heterocycles. The third-order valence-electron chi connectivity index (χ3n) is 3.63. The van der Waals surface area contributed by atoms with Crippen molar-refractivity contribution in [3.8, 4) is 5.75 Å². The Bertz CT molecular complexity index is 414. The van der Waals surface area contributed by atoms with Crippen molar-refractivity contribution in [2.24, 2.45) is 11.7 Å². The highest BCUT2D eigenvalue weighted by Crippen LogP contribution is 2.20. The van der Waals surface area contributed by atoms with Crippen LogP contribution >= 0.6 is 0 Å². The van der Waals surface area contributed by atoms with Crippen molar-refractivity contribution >= 4 is 5.91 Å². The minimum Gasteiger partial charge on any atom is -0.493 e. The maximum absolute atomic E-state index is 11.2. The van der Waals surface area contributed by atoms with Crippen LogP contribution in [0.2, 0.25) is 0 Å². The molecule has 0 saturated carbocycles. The molecule has 0 atom stereocenters. The van der Waals surface area contributed by atoms with Gasteiger partial charge in [0.1, 0.15) is 5.75 Å². The first-order chi connectivity index (χ1) is 9.27. The van der Waals surface area contributed by atoms with Gasteiger partial charge < -0.3 is 15.8 Å². The van der Waals surface area contributed by atoms with Crippen LogP contribution in [0, 0.1) is 5.92 Å². The molecular weight excluding hydrogens is 240 g/mol. The van der Waals surface area contributed by atoms with E-state index in [0.29, 0.717) is 17.9 Å². The van der Waals surface area contributed by atoms with Gasteiger partial charge in [0, 0.05) is 0 Å².